The van der Waals surface area contributed by atoms with E-state index < -0.39 is 0 Å². The van der Waals surface area contributed by atoms with Crippen LogP contribution in [-0.4, -0.2) is 11.5 Å². The molecule has 96 valence electrons. The van der Waals surface area contributed by atoms with Crippen LogP contribution in [0.5, 0.6) is 0 Å². The highest BCUT2D eigenvalue weighted by Gasteiger charge is 2.33. The molecule has 0 atom stereocenters. The van der Waals surface area contributed by atoms with E-state index in [9.17, 15) is 0 Å². The second kappa shape index (κ2) is 5.72. The van der Waals surface area contributed by atoms with Crippen LogP contribution in [0.3, 0.4) is 0 Å². The number of aromatic amines is 1. The normalized spacial score (nSPS) is 19.0. The summed E-state index contributed by atoms with van der Waals surface area (Å²) < 4.78 is 0. The highest BCUT2D eigenvalue weighted by molar-refractivity contribution is 5.03. The molecule has 2 rings (SSSR count). The van der Waals surface area contributed by atoms with Crippen LogP contribution in [0, 0.1) is 11.3 Å². The maximum absolute atomic E-state index is 3.64. The Hall–Kier alpha value is -0.760. The maximum Gasteiger partial charge on any atom is 0.0357 e. The Morgan fingerprint density at radius 3 is 2.71 bits per heavy atom. The zero-order valence-electron chi connectivity index (χ0n) is 11.3. The first-order valence-electron chi connectivity index (χ1n) is 7.03. The summed E-state index contributed by atoms with van der Waals surface area (Å²) in [5, 5.41) is 3.64. The van der Waals surface area contributed by atoms with Crippen LogP contribution in [0.25, 0.3) is 0 Å². The lowest BCUT2D eigenvalue weighted by atomic mass is 9.78. The molecule has 0 aromatic carbocycles. The Morgan fingerprint density at radius 2 is 2.12 bits per heavy atom. The van der Waals surface area contributed by atoms with Gasteiger partial charge in [0.1, 0.15) is 0 Å². The molecular formula is C15H26N2. The van der Waals surface area contributed by atoms with Gasteiger partial charge in [-0.25, -0.2) is 0 Å². The summed E-state index contributed by atoms with van der Waals surface area (Å²) in [6.45, 7) is 6.87. The number of hydrogen-bond acceptors (Lipinski definition) is 1. The van der Waals surface area contributed by atoms with Gasteiger partial charge in [0.05, 0.1) is 0 Å². The van der Waals surface area contributed by atoms with Crippen molar-refractivity contribution in [1.82, 2.24) is 10.3 Å². The number of aromatic nitrogens is 1. The van der Waals surface area contributed by atoms with Gasteiger partial charge in [0.15, 0.2) is 0 Å². The molecule has 0 radical (unpaired) electrons. The van der Waals surface area contributed by atoms with E-state index in [4.69, 9.17) is 0 Å². The Morgan fingerprint density at radius 1 is 1.35 bits per heavy atom. The molecule has 0 spiro atoms. The molecule has 0 aliphatic heterocycles. The minimum atomic E-state index is 0.584. The summed E-state index contributed by atoms with van der Waals surface area (Å²) >= 11 is 0. The zero-order chi connectivity index (χ0) is 12.1. The van der Waals surface area contributed by atoms with E-state index >= 15 is 0 Å². The van der Waals surface area contributed by atoms with E-state index in [1.54, 1.807) is 0 Å². The predicted molar refractivity (Wildman–Crippen MR) is 72.9 cm³/mol. The summed E-state index contributed by atoms with van der Waals surface area (Å²) in [7, 11) is 0. The molecule has 1 saturated carbocycles. The third-order valence-electron chi connectivity index (χ3n) is 3.98. The van der Waals surface area contributed by atoms with Gasteiger partial charge in [-0.15, -0.1) is 0 Å². The molecular weight excluding hydrogens is 208 g/mol. The molecule has 1 heterocycles. The van der Waals surface area contributed by atoms with Crippen LogP contribution in [0.15, 0.2) is 18.3 Å². The largest absolute Gasteiger partial charge is 0.364 e. The zero-order valence-corrected chi connectivity index (χ0v) is 11.3. The first kappa shape index (κ1) is 12.7. The molecule has 1 aliphatic rings. The summed E-state index contributed by atoms with van der Waals surface area (Å²) in [6, 6.07) is 4.22. The molecule has 2 nitrogen and oxygen atoms in total. The van der Waals surface area contributed by atoms with Crippen molar-refractivity contribution in [3.05, 3.63) is 24.0 Å². The summed E-state index contributed by atoms with van der Waals surface area (Å²) in [4.78, 5) is 3.25. The molecule has 1 aromatic heterocycles. The molecule has 2 N–H and O–H groups in total. The van der Waals surface area contributed by atoms with E-state index in [1.165, 1.54) is 44.3 Å². The van der Waals surface area contributed by atoms with Crippen LogP contribution in [0.1, 0.15) is 51.6 Å². The number of H-pyrrole nitrogens is 1. The topological polar surface area (TPSA) is 27.8 Å². The molecule has 2 heteroatoms. The van der Waals surface area contributed by atoms with Crippen LogP contribution in [-0.2, 0) is 6.54 Å². The first-order valence-corrected chi connectivity index (χ1v) is 7.03. The van der Waals surface area contributed by atoms with E-state index in [0.717, 1.165) is 12.5 Å². The van der Waals surface area contributed by atoms with Crippen LogP contribution in [0.4, 0.5) is 0 Å². The molecule has 1 fully saturated rings. The molecule has 0 unspecified atom stereocenters. The van der Waals surface area contributed by atoms with Crippen molar-refractivity contribution in [3.8, 4) is 0 Å². The lowest BCUT2D eigenvalue weighted by Crippen LogP contribution is -2.33. The van der Waals surface area contributed by atoms with E-state index in [-0.39, 0.29) is 0 Å². The Kier molecular flexibility index (Phi) is 4.27. The third kappa shape index (κ3) is 3.60. The predicted octanol–water partition coefficient (Wildman–Crippen LogP) is 3.71. The Bertz CT molecular complexity index is 308. The van der Waals surface area contributed by atoms with Crippen LogP contribution >= 0.6 is 0 Å². The summed E-state index contributed by atoms with van der Waals surface area (Å²) in [5.74, 6) is 0.820. The lowest BCUT2D eigenvalue weighted by Gasteiger charge is -2.31. The van der Waals surface area contributed by atoms with Gasteiger partial charge in [0, 0.05) is 25.0 Å². The van der Waals surface area contributed by atoms with E-state index in [2.05, 4.69) is 36.3 Å². The van der Waals surface area contributed by atoms with E-state index in [0.29, 0.717) is 5.41 Å². The smallest absolute Gasteiger partial charge is 0.0357 e. The molecule has 0 amide bonds. The van der Waals surface area contributed by atoms with Gasteiger partial charge in [-0.1, -0.05) is 26.7 Å². The van der Waals surface area contributed by atoms with Gasteiger partial charge >= 0.3 is 0 Å². The van der Waals surface area contributed by atoms with Gasteiger partial charge in [-0.3, -0.25) is 0 Å². The second-order valence-corrected chi connectivity index (χ2v) is 6.10. The van der Waals surface area contributed by atoms with Gasteiger partial charge in [-0.05, 0) is 42.7 Å². The average Bonchev–Trinajstić information content (AvgIpc) is 2.89. The number of rotatable bonds is 6. The van der Waals surface area contributed by atoms with Crippen molar-refractivity contribution in [2.45, 2.75) is 52.5 Å². The van der Waals surface area contributed by atoms with E-state index in [1.807, 2.05) is 6.20 Å². The third-order valence-corrected chi connectivity index (χ3v) is 3.98. The molecule has 17 heavy (non-hydrogen) atoms. The minimum absolute atomic E-state index is 0.584. The highest BCUT2D eigenvalue weighted by atomic mass is 14.9. The molecule has 1 aromatic rings. The van der Waals surface area contributed by atoms with Crippen molar-refractivity contribution in [3.63, 3.8) is 0 Å². The first-order chi connectivity index (χ1) is 8.20. The van der Waals surface area contributed by atoms with Crippen molar-refractivity contribution in [1.29, 1.82) is 0 Å². The van der Waals surface area contributed by atoms with Crippen LogP contribution < -0.4 is 5.32 Å². The van der Waals surface area contributed by atoms with Crippen molar-refractivity contribution in [2.75, 3.05) is 6.54 Å². The molecule has 0 saturated heterocycles. The Balaban J connectivity index is 1.81. The highest BCUT2D eigenvalue weighted by Crippen LogP contribution is 2.42. The van der Waals surface area contributed by atoms with Gasteiger partial charge in [0.25, 0.3) is 0 Å². The molecule has 1 aliphatic carbocycles. The van der Waals surface area contributed by atoms with Gasteiger partial charge in [-0.2, -0.15) is 0 Å². The van der Waals surface area contributed by atoms with Crippen molar-refractivity contribution >= 4 is 0 Å². The van der Waals surface area contributed by atoms with Crippen LogP contribution in [0.2, 0.25) is 0 Å². The van der Waals surface area contributed by atoms with Gasteiger partial charge in [0.2, 0.25) is 0 Å². The fraction of sp³-hybridized carbons (Fsp3) is 0.733. The number of nitrogens with one attached hydrogen (secondary N) is 2. The SMILES string of the molecule is CC(C)CC1(CNCc2ccc[nH]2)CCCC1. The second-order valence-electron chi connectivity index (χ2n) is 6.10. The summed E-state index contributed by atoms with van der Waals surface area (Å²) in [5.41, 5.74) is 1.88. The summed E-state index contributed by atoms with van der Waals surface area (Å²) in [6.07, 6.45) is 9.07. The van der Waals surface area contributed by atoms with Crippen molar-refractivity contribution < 1.29 is 0 Å². The average molecular weight is 234 g/mol. The fourth-order valence-corrected chi connectivity index (χ4v) is 3.38. The quantitative estimate of drug-likeness (QED) is 0.771. The minimum Gasteiger partial charge on any atom is -0.364 e. The maximum atomic E-state index is 3.64. The standard InChI is InChI=1S/C15H26N2/c1-13(2)10-15(7-3-4-8-15)12-16-11-14-6-5-9-17-14/h5-6,9,13,16-17H,3-4,7-8,10-12H2,1-2H3. The molecule has 0 bridgehead atoms. The Labute approximate surface area is 105 Å². The number of hydrogen-bond donors (Lipinski definition) is 2. The monoisotopic (exact) mass is 234 g/mol. The fourth-order valence-electron chi connectivity index (χ4n) is 3.38. The van der Waals surface area contributed by atoms with Gasteiger partial charge < -0.3 is 10.3 Å². The van der Waals surface area contributed by atoms with Crippen molar-refractivity contribution in [2.24, 2.45) is 11.3 Å². The lowest BCUT2D eigenvalue weighted by molar-refractivity contribution is 0.223.